The molecular formula is C14H29NO. The molecule has 0 aliphatic carbocycles. The van der Waals surface area contributed by atoms with Crippen LogP contribution < -0.4 is 0 Å². The van der Waals surface area contributed by atoms with E-state index in [1.165, 1.54) is 51.4 Å². The number of hydroxylamine groups is 1. The predicted molar refractivity (Wildman–Crippen MR) is 72.1 cm³/mol. The van der Waals surface area contributed by atoms with Crippen LogP contribution in [-0.4, -0.2) is 17.5 Å². The Labute approximate surface area is 101 Å². The third-order valence-electron chi connectivity index (χ3n) is 2.87. The van der Waals surface area contributed by atoms with Crippen LogP contribution in [0.2, 0.25) is 0 Å². The zero-order valence-corrected chi connectivity index (χ0v) is 11.2. The van der Waals surface area contributed by atoms with Crippen LogP contribution in [0.1, 0.15) is 78.1 Å². The molecule has 0 fully saturated rings. The molecule has 0 spiro atoms. The van der Waals surface area contributed by atoms with Crippen molar-refractivity contribution in [2.45, 2.75) is 78.1 Å². The molecule has 0 radical (unpaired) electrons. The maximum absolute atomic E-state index is 11.4. The second-order valence-corrected chi connectivity index (χ2v) is 4.59. The van der Waals surface area contributed by atoms with Crippen molar-refractivity contribution in [3.63, 3.8) is 0 Å². The van der Waals surface area contributed by atoms with Crippen molar-refractivity contribution in [1.29, 1.82) is 0 Å². The normalized spacial score (nSPS) is 12.0. The summed E-state index contributed by atoms with van der Waals surface area (Å²) in [5.41, 5.74) is 0. The molecule has 0 aromatic rings. The summed E-state index contributed by atoms with van der Waals surface area (Å²) in [7, 11) is 0. The van der Waals surface area contributed by atoms with Gasteiger partial charge in [0.25, 0.3) is 0 Å². The van der Waals surface area contributed by atoms with Crippen LogP contribution in [0.5, 0.6) is 0 Å². The molecule has 0 heterocycles. The van der Waals surface area contributed by atoms with Crippen LogP contribution in [0.15, 0.2) is 0 Å². The number of rotatable bonds is 11. The molecule has 0 unspecified atom stereocenters. The van der Waals surface area contributed by atoms with Gasteiger partial charge in [0, 0.05) is 12.8 Å². The fourth-order valence-corrected chi connectivity index (χ4v) is 1.77. The Bertz CT molecular complexity index is 166. The van der Waals surface area contributed by atoms with Gasteiger partial charge >= 0.3 is 0 Å². The maximum atomic E-state index is 11.4. The molecule has 2 heteroatoms. The van der Waals surface area contributed by atoms with Crippen molar-refractivity contribution >= 4 is 6.21 Å². The number of unbranched alkanes of at least 4 members (excludes halogenated alkanes) is 8. The van der Waals surface area contributed by atoms with E-state index in [9.17, 15) is 5.21 Å². The molecule has 16 heavy (non-hydrogen) atoms. The summed E-state index contributed by atoms with van der Waals surface area (Å²) in [5.74, 6) is 0. The lowest BCUT2D eigenvalue weighted by molar-refractivity contribution is -0.454. The minimum Gasteiger partial charge on any atom is -0.624 e. The van der Waals surface area contributed by atoms with E-state index < -0.39 is 0 Å². The second-order valence-electron chi connectivity index (χ2n) is 4.59. The monoisotopic (exact) mass is 227 g/mol. The molecule has 0 bridgehead atoms. The van der Waals surface area contributed by atoms with E-state index in [1.807, 2.05) is 6.21 Å². The van der Waals surface area contributed by atoms with E-state index in [0.717, 1.165) is 17.6 Å². The SMILES string of the molecule is CCCCCCC=[N+]([O-])CCCCCCC. The third-order valence-corrected chi connectivity index (χ3v) is 2.87. The van der Waals surface area contributed by atoms with E-state index in [1.54, 1.807) is 0 Å². The molecule has 0 atom stereocenters. The highest BCUT2D eigenvalue weighted by Gasteiger charge is 1.95. The number of nitrogens with zero attached hydrogens (tertiary/aromatic N) is 1. The average molecular weight is 227 g/mol. The van der Waals surface area contributed by atoms with Gasteiger partial charge in [-0.25, -0.2) is 4.74 Å². The molecule has 0 amide bonds. The van der Waals surface area contributed by atoms with Gasteiger partial charge in [0.05, 0.1) is 0 Å². The third kappa shape index (κ3) is 11.5. The second kappa shape index (κ2) is 12.5. The van der Waals surface area contributed by atoms with Crippen molar-refractivity contribution in [2.24, 2.45) is 0 Å². The summed E-state index contributed by atoms with van der Waals surface area (Å²) in [6.45, 7) is 5.11. The first-order valence-corrected chi connectivity index (χ1v) is 7.08. The fraction of sp³-hybridized carbons (Fsp3) is 0.929. The first-order valence-electron chi connectivity index (χ1n) is 7.08. The fourth-order valence-electron chi connectivity index (χ4n) is 1.77. The van der Waals surface area contributed by atoms with Gasteiger partial charge in [0.15, 0.2) is 12.8 Å². The summed E-state index contributed by atoms with van der Waals surface area (Å²) >= 11 is 0. The molecule has 0 aliphatic heterocycles. The summed E-state index contributed by atoms with van der Waals surface area (Å²) < 4.78 is 1.14. The molecule has 2 nitrogen and oxygen atoms in total. The van der Waals surface area contributed by atoms with Gasteiger partial charge in [-0.2, -0.15) is 0 Å². The van der Waals surface area contributed by atoms with Crippen molar-refractivity contribution in [2.75, 3.05) is 6.54 Å². The molecule has 0 aromatic carbocycles. The van der Waals surface area contributed by atoms with Gasteiger partial charge in [0.2, 0.25) is 0 Å². The van der Waals surface area contributed by atoms with Crippen molar-refractivity contribution in [3.8, 4) is 0 Å². The van der Waals surface area contributed by atoms with Crippen molar-refractivity contribution < 1.29 is 4.74 Å². The Kier molecular flexibility index (Phi) is 12.1. The summed E-state index contributed by atoms with van der Waals surface area (Å²) in [4.78, 5) is 0. The van der Waals surface area contributed by atoms with Gasteiger partial charge in [-0.15, -0.1) is 0 Å². The standard InChI is InChI=1S/C14H29NO/c1-3-5-7-9-11-13-15(16)14-12-10-8-6-4-2/h13H,3-12,14H2,1-2H3. The molecule has 0 saturated heterocycles. The lowest BCUT2D eigenvalue weighted by atomic mass is 10.1. The highest BCUT2D eigenvalue weighted by Crippen LogP contribution is 2.03. The average Bonchev–Trinajstić information content (AvgIpc) is 2.28. The summed E-state index contributed by atoms with van der Waals surface area (Å²) in [6.07, 6.45) is 13.9. The van der Waals surface area contributed by atoms with Gasteiger partial charge in [0.1, 0.15) is 0 Å². The van der Waals surface area contributed by atoms with Crippen LogP contribution in [0.25, 0.3) is 0 Å². The van der Waals surface area contributed by atoms with Gasteiger partial charge in [-0.05, 0) is 12.8 Å². The first-order chi connectivity index (χ1) is 7.81. The highest BCUT2D eigenvalue weighted by atomic mass is 16.5. The smallest absolute Gasteiger partial charge is 0.153 e. The van der Waals surface area contributed by atoms with Gasteiger partial charge in [-0.3, -0.25) is 0 Å². The lowest BCUT2D eigenvalue weighted by Gasteiger charge is -2.03. The number of hydrogen-bond acceptors (Lipinski definition) is 1. The molecule has 0 aromatic heterocycles. The highest BCUT2D eigenvalue weighted by molar-refractivity contribution is 5.50. The molecule has 0 N–H and O–H groups in total. The molecule has 0 saturated carbocycles. The quantitative estimate of drug-likeness (QED) is 0.168. The minimum absolute atomic E-state index is 0.692. The van der Waals surface area contributed by atoms with Crippen molar-refractivity contribution in [1.82, 2.24) is 0 Å². The largest absolute Gasteiger partial charge is 0.624 e. The topological polar surface area (TPSA) is 26.1 Å². The van der Waals surface area contributed by atoms with Crippen LogP contribution in [0.3, 0.4) is 0 Å². The molecular weight excluding hydrogens is 198 g/mol. The van der Waals surface area contributed by atoms with Gasteiger partial charge < -0.3 is 5.21 Å². The van der Waals surface area contributed by atoms with E-state index in [4.69, 9.17) is 0 Å². The Hall–Kier alpha value is -0.530. The Morgan fingerprint density at radius 2 is 1.38 bits per heavy atom. The van der Waals surface area contributed by atoms with E-state index >= 15 is 0 Å². The Morgan fingerprint density at radius 3 is 2.00 bits per heavy atom. The van der Waals surface area contributed by atoms with E-state index in [-0.39, 0.29) is 0 Å². The molecule has 0 rings (SSSR count). The molecule has 0 aliphatic rings. The minimum atomic E-state index is 0.692. The number of hydrogen-bond donors (Lipinski definition) is 0. The van der Waals surface area contributed by atoms with Gasteiger partial charge in [-0.1, -0.05) is 52.4 Å². The lowest BCUT2D eigenvalue weighted by Crippen LogP contribution is -2.06. The van der Waals surface area contributed by atoms with Crippen LogP contribution in [0, 0.1) is 5.21 Å². The maximum Gasteiger partial charge on any atom is 0.153 e. The first kappa shape index (κ1) is 15.5. The van der Waals surface area contributed by atoms with E-state index in [2.05, 4.69) is 13.8 Å². The zero-order chi connectivity index (χ0) is 12.1. The predicted octanol–water partition coefficient (Wildman–Crippen LogP) is 4.51. The Morgan fingerprint density at radius 1 is 0.812 bits per heavy atom. The molecule has 96 valence electrons. The van der Waals surface area contributed by atoms with Crippen molar-refractivity contribution in [3.05, 3.63) is 5.21 Å². The van der Waals surface area contributed by atoms with Crippen LogP contribution in [-0.2, 0) is 0 Å². The summed E-state index contributed by atoms with van der Waals surface area (Å²) in [5, 5.41) is 11.4. The zero-order valence-electron chi connectivity index (χ0n) is 11.2. The summed E-state index contributed by atoms with van der Waals surface area (Å²) in [6, 6.07) is 0. The van der Waals surface area contributed by atoms with Crippen LogP contribution >= 0.6 is 0 Å². The van der Waals surface area contributed by atoms with E-state index in [0.29, 0.717) is 6.54 Å². The van der Waals surface area contributed by atoms with Crippen LogP contribution in [0.4, 0.5) is 0 Å². The Balaban J connectivity index is 3.27.